The number of carbonyl (C=O) groups is 1. The third-order valence-corrected chi connectivity index (χ3v) is 4.06. The number of anilines is 1. The Morgan fingerprint density at radius 1 is 1.29 bits per heavy atom. The van der Waals surface area contributed by atoms with Crippen LogP contribution in [0.5, 0.6) is 0 Å². The van der Waals surface area contributed by atoms with Gasteiger partial charge >= 0.3 is 0 Å². The summed E-state index contributed by atoms with van der Waals surface area (Å²) in [6.07, 6.45) is 1.87. The van der Waals surface area contributed by atoms with Crippen LogP contribution in [0.15, 0.2) is 24.3 Å². The molecule has 0 saturated heterocycles. The second-order valence-corrected chi connectivity index (χ2v) is 5.86. The Hall–Kier alpha value is -1.95. The van der Waals surface area contributed by atoms with Gasteiger partial charge in [-0.15, -0.1) is 5.10 Å². The van der Waals surface area contributed by atoms with E-state index < -0.39 is 0 Å². The van der Waals surface area contributed by atoms with Gasteiger partial charge in [-0.1, -0.05) is 16.6 Å². The second-order valence-electron chi connectivity index (χ2n) is 5.11. The Kier molecular flexibility index (Phi) is 5.27. The molecule has 0 saturated carbocycles. The molecule has 0 bridgehead atoms. The van der Waals surface area contributed by atoms with E-state index in [0.717, 1.165) is 24.4 Å². The molecule has 2 aromatic rings. The highest BCUT2D eigenvalue weighted by Crippen LogP contribution is 2.13. The van der Waals surface area contributed by atoms with E-state index in [1.54, 1.807) is 6.92 Å². The van der Waals surface area contributed by atoms with Crippen LogP contribution in [0.3, 0.4) is 0 Å². The van der Waals surface area contributed by atoms with Crippen molar-refractivity contribution >= 4 is 23.1 Å². The smallest absolute Gasteiger partial charge is 0.264 e. The van der Waals surface area contributed by atoms with Crippen molar-refractivity contribution in [1.29, 1.82) is 0 Å². The molecular weight excluding hydrogens is 284 g/mol. The Bertz CT molecular complexity index is 592. The summed E-state index contributed by atoms with van der Waals surface area (Å²) in [7, 11) is 4.06. The van der Waals surface area contributed by atoms with Gasteiger partial charge in [0.15, 0.2) is 0 Å². The first-order valence-electron chi connectivity index (χ1n) is 6.91. The average molecular weight is 304 g/mol. The van der Waals surface area contributed by atoms with Gasteiger partial charge in [-0.25, -0.2) is 0 Å². The van der Waals surface area contributed by atoms with E-state index in [1.807, 2.05) is 14.1 Å². The molecule has 112 valence electrons. The summed E-state index contributed by atoms with van der Waals surface area (Å²) >= 11 is 1.14. The zero-order valence-electron chi connectivity index (χ0n) is 12.6. The minimum absolute atomic E-state index is 0.0783. The molecule has 0 radical (unpaired) electrons. The highest BCUT2D eigenvalue weighted by atomic mass is 32.1. The largest absolute Gasteiger partial charge is 0.378 e. The number of carbonyl (C=O) groups excluding carboxylic acids is 1. The molecule has 1 aromatic heterocycles. The average Bonchev–Trinajstić information content (AvgIpc) is 2.90. The Morgan fingerprint density at radius 3 is 2.57 bits per heavy atom. The van der Waals surface area contributed by atoms with Crippen LogP contribution >= 0.6 is 11.5 Å². The zero-order valence-corrected chi connectivity index (χ0v) is 13.4. The minimum Gasteiger partial charge on any atom is -0.378 e. The van der Waals surface area contributed by atoms with Crippen LogP contribution < -0.4 is 10.2 Å². The lowest BCUT2D eigenvalue weighted by Gasteiger charge is -2.12. The number of rotatable bonds is 6. The number of aromatic nitrogens is 2. The molecular formula is C15H20N4OS. The maximum Gasteiger partial charge on any atom is 0.264 e. The Morgan fingerprint density at radius 2 is 2.00 bits per heavy atom. The molecule has 1 heterocycles. The minimum atomic E-state index is -0.0783. The molecule has 1 aromatic carbocycles. The van der Waals surface area contributed by atoms with E-state index in [0.29, 0.717) is 17.1 Å². The van der Waals surface area contributed by atoms with E-state index in [-0.39, 0.29) is 5.91 Å². The molecule has 0 aliphatic carbocycles. The van der Waals surface area contributed by atoms with Crippen molar-refractivity contribution in [3.63, 3.8) is 0 Å². The number of nitrogens with zero attached hydrogens (tertiary/aromatic N) is 3. The Balaban J connectivity index is 1.75. The standard InChI is InChI=1S/C15H20N4OS/c1-11-14(21-18-17-11)15(20)16-10-4-5-12-6-8-13(9-7-12)19(2)3/h6-9H,4-5,10H2,1-3H3,(H,16,20). The van der Waals surface area contributed by atoms with Gasteiger partial charge in [-0.2, -0.15) is 0 Å². The monoisotopic (exact) mass is 304 g/mol. The van der Waals surface area contributed by atoms with Crippen molar-refractivity contribution in [2.75, 3.05) is 25.5 Å². The van der Waals surface area contributed by atoms with Gasteiger partial charge in [0.1, 0.15) is 4.88 Å². The van der Waals surface area contributed by atoms with Crippen molar-refractivity contribution in [2.24, 2.45) is 0 Å². The summed E-state index contributed by atoms with van der Waals surface area (Å²) in [5, 5.41) is 6.75. The van der Waals surface area contributed by atoms with E-state index in [1.165, 1.54) is 11.3 Å². The summed E-state index contributed by atoms with van der Waals surface area (Å²) in [6, 6.07) is 8.49. The van der Waals surface area contributed by atoms with Crippen LogP contribution in [-0.2, 0) is 6.42 Å². The van der Waals surface area contributed by atoms with Gasteiger partial charge in [-0.05, 0) is 49.0 Å². The van der Waals surface area contributed by atoms with E-state index in [9.17, 15) is 4.79 Å². The number of hydrogen-bond acceptors (Lipinski definition) is 5. The summed E-state index contributed by atoms with van der Waals surface area (Å²) in [5.74, 6) is -0.0783. The number of hydrogen-bond donors (Lipinski definition) is 1. The summed E-state index contributed by atoms with van der Waals surface area (Å²) in [5.41, 5.74) is 3.17. The molecule has 0 aliphatic rings. The lowest BCUT2D eigenvalue weighted by atomic mass is 10.1. The predicted molar refractivity (Wildman–Crippen MR) is 86.1 cm³/mol. The fourth-order valence-corrected chi connectivity index (χ4v) is 2.55. The maximum atomic E-state index is 11.9. The normalized spacial score (nSPS) is 10.4. The summed E-state index contributed by atoms with van der Waals surface area (Å²) in [4.78, 5) is 14.6. The zero-order chi connectivity index (χ0) is 15.2. The van der Waals surface area contributed by atoms with Crippen molar-refractivity contribution in [1.82, 2.24) is 14.9 Å². The van der Waals surface area contributed by atoms with Gasteiger partial charge in [0.25, 0.3) is 5.91 Å². The van der Waals surface area contributed by atoms with Crippen LogP contribution in [0.4, 0.5) is 5.69 Å². The first-order chi connectivity index (χ1) is 10.1. The van der Waals surface area contributed by atoms with Crippen LogP contribution in [0, 0.1) is 6.92 Å². The van der Waals surface area contributed by atoms with Crippen molar-refractivity contribution in [3.8, 4) is 0 Å². The maximum absolute atomic E-state index is 11.9. The predicted octanol–water partition coefficient (Wildman–Crippen LogP) is 2.28. The van der Waals surface area contributed by atoms with Gasteiger partial charge in [0, 0.05) is 26.3 Å². The van der Waals surface area contributed by atoms with E-state index >= 15 is 0 Å². The molecule has 5 nitrogen and oxygen atoms in total. The molecule has 1 N–H and O–H groups in total. The number of benzene rings is 1. The fourth-order valence-electron chi connectivity index (χ4n) is 1.98. The molecule has 2 rings (SSSR count). The molecule has 6 heteroatoms. The van der Waals surface area contributed by atoms with Gasteiger partial charge in [0.05, 0.1) is 5.69 Å². The van der Waals surface area contributed by atoms with E-state index in [4.69, 9.17) is 0 Å². The summed E-state index contributed by atoms with van der Waals surface area (Å²) in [6.45, 7) is 2.45. The molecule has 0 aliphatic heterocycles. The first kappa shape index (κ1) is 15.4. The number of amides is 1. The summed E-state index contributed by atoms with van der Waals surface area (Å²) < 4.78 is 3.77. The van der Waals surface area contributed by atoms with Crippen molar-refractivity contribution < 1.29 is 4.79 Å². The lowest BCUT2D eigenvalue weighted by molar-refractivity contribution is 0.0956. The fraction of sp³-hybridized carbons (Fsp3) is 0.400. The molecule has 0 atom stereocenters. The third-order valence-electron chi connectivity index (χ3n) is 3.24. The SMILES string of the molecule is Cc1nnsc1C(=O)NCCCc1ccc(N(C)C)cc1. The quantitative estimate of drug-likeness (QED) is 0.832. The highest BCUT2D eigenvalue weighted by Gasteiger charge is 2.11. The number of nitrogens with one attached hydrogen (secondary N) is 1. The van der Waals surface area contributed by atoms with Crippen LogP contribution in [0.25, 0.3) is 0 Å². The molecule has 0 unspecified atom stereocenters. The first-order valence-corrected chi connectivity index (χ1v) is 7.68. The van der Waals surface area contributed by atoms with Gasteiger partial charge in [-0.3, -0.25) is 4.79 Å². The lowest BCUT2D eigenvalue weighted by Crippen LogP contribution is -2.24. The molecule has 1 amide bonds. The van der Waals surface area contributed by atoms with Gasteiger partial charge < -0.3 is 10.2 Å². The van der Waals surface area contributed by atoms with E-state index in [2.05, 4.69) is 44.1 Å². The molecule has 21 heavy (non-hydrogen) atoms. The van der Waals surface area contributed by atoms with Crippen molar-refractivity contribution in [2.45, 2.75) is 19.8 Å². The topological polar surface area (TPSA) is 58.1 Å². The van der Waals surface area contributed by atoms with Crippen LogP contribution in [0.1, 0.15) is 27.3 Å². The number of aryl methyl sites for hydroxylation is 2. The van der Waals surface area contributed by atoms with Crippen LogP contribution in [0.2, 0.25) is 0 Å². The van der Waals surface area contributed by atoms with Crippen LogP contribution in [-0.4, -0.2) is 36.1 Å². The molecule has 0 fully saturated rings. The second kappa shape index (κ2) is 7.17. The molecule has 0 spiro atoms. The Labute approximate surface area is 129 Å². The van der Waals surface area contributed by atoms with Crippen molar-refractivity contribution in [3.05, 3.63) is 40.4 Å². The van der Waals surface area contributed by atoms with Gasteiger partial charge in [0.2, 0.25) is 0 Å². The third kappa shape index (κ3) is 4.26. The highest BCUT2D eigenvalue weighted by molar-refractivity contribution is 7.07.